The predicted molar refractivity (Wildman–Crippen MR) is 74.3 cm³/mol. The van der Waals surface area contributed by atoms with Crippen molar-refractivity contribution in [1.82, 2.24) is 4.98 Å². The summed E-state index contributed by atoms with van der Waals surface area (Å²) in [5.41, 5.74) is 5.82. The number of rotatable bonds is 2. The van der Waals surface area contributed by atoms with Crippen LogP contribution in [0.1, 0.15) is 27.0 Å². The van der Waals surface area contributed by atoms with Gasteiger partial charge in [-0.05, 0) is 55.2 Å². The number of hydrogen-bond donors (Lipinski definition) is 0. The smallest absolute Gasteiger partial charge is 0.150 e. The van der Waals surface area contributed by atoms with Gasteiger partial charge in [0.1, 0.15) is 11.4 Å². The molecule has 1 aromatic carbocycles. The van der Waals surface area contributed by atoms with Gasteiger partial charge in [0.2, 0.25) is 0 Å². The van der Waals surface area contributed by atoms with Crippen LogP contribution in [-0.4, -0.2) is 11.3 Å². The van der Waals surface area contributed by atoms with Crippen LogP contribution in [0.5, 0.6) is 0 Å². The molecule has 0 aliphatic heterocycles. The Labute approximate surface area is 112 Å². The van der Waals surface area contributed by atoms with Gasteiger partial charge in [-0.1, -0.05) is 17.7 Å². The summed E-state index contributed by atoms with van der Waals surface area (Å²) in [7, 11) is 0. The number of aldehydes is 1. The Balaban J connectivity index is 2.60. The minimum Gasteiger partial charge on any atom is -0.298 e. The van der Waals surface area contributed by atoms with Gasteiger partial charge in [0.15, 0.2) is 0 Å². The van der Waals surface area contributed by atoms with Crippen molar-refractivity contribution in [2.24, 2.45) is 0 Å². The van der Waals surface area contributed by atoms with E-state index < -0.39 is 0 Å². The second-order valence-electron chi connectivity index (χ2n) is 4.47. The third-order valence-corrected chi connectivity index (χ3v) is 3.46. The van der Waals surface area contributed by atoms with Gasteiger partial charge >= 0.3 is 0 Å². The van der Waals surface area contributed by atoms with Gasteiger partial charge in [0.05, 0.1) is 0 Å². The van der Waals surface area contributed by atoms with Crippen molar-refractivity contribution in [2.45, 2.75) is 20.8 Å². The number of halogens is 1. The first-order valence-electron chi connectivity index (χ1n) is 5.72. The van der Waals surface area contributed by atoms with E-state index in [0.717, 1.165) is 39.7 Å². The van der Waals surface area contributed by atoms with E-state index in [1.807, 2.05) is 39.0 Å². The van der Waals surface area contributed by atoms with Crippen molar-refractivity contribution in [3.63, 3.8) is 0 Å². The zero-order chi connectivity index (χ0) is 13.3. The molecule has 1 heterocycles. The van der Waals surface area contributed by atoms with E-state index in [-0.39, 0.29) is 0 Å². The molecule has 0 atom stereocenters. The maximum atomic E-state index is 10.9. The molecule has 18 heavy (non-hydrogen) atoms. The van der Waals surface area contributed by atoms with Crippen LogP contribution >= 0.6 is 11.6 Å². The molecule has 0 saturated carbocycles. The maximum Gasteiger partial charge on any atom is 0.150 e. The molecule has 0 amide bonds. The van der Waals surface area contributed by atoms with Gasteiger partial charge < -0.3 is 0 Å². The first-order valence-corrected chi connectivity index (χ1v) is 6.09. The maximum absolute atomic E-state index is 10.9. The third kappa shape index (κ3) is 2.29. The molecular weight excluding hydrogens is 246 g/mol. The number of nitrogens with zero attached hydrogens (tertiary/aromatic N) is 1. The molecule has 2 aromatic rings. The lowest BCUT2D eigenvalue weighted by atomic mass is 9.96. The Morgan fingerprint density at radius 3 is 2.39 bits per heavy atom. The van der Waals surface area contributed by atoms with E-state index in [1.54, 1.807) is 6.20 Å². The summed E-state index contributed by atoms with van der Waals surface area (Å²) >= 11 is 5.93. The highest BCUT2D eigenvalue weighted by molar-refractivity contribution is 6.30. The fourth-order valence-corrected chi connectivity index (χ4v) is 2.09. The van der Waals surface area contributed by atoms with E-state index in [4.69, 9.17) is 11.6 Å². The minimum absolute atomic E-state index is 0.526. The van der Waals surface area contributed by atoms with Gasteiger partial charge in [-0.25, -0.2) is 4.98 Å². The fourth-order valence-electron chi connectivity index (χ4n) is 1.98. The summed E-state index contributed by atoms with van der Waals surface area (Å²) in [6.07, 6.45) is 2.65. The van der Waals surface area contributed by atoms with Crippen LogP contribution in [-0.2, 0) is 0 Å². The highest BCUT2D eigenvalue weighted by Crippen LogP contribution is 2.27. The molecule has 2 rings (SSSR count). The zero-order valence-electron chi connectivity index (χ0n) is 10.6. The Morgan fingerprint density at radius 2 is 1.78 bits per heavy atom. The van der Waals surface area contributed by atoms with Gasteiger partial charge in [-0.3, -0.25) is 4.79 Å². The molecule has 92 valence electrons. The van der Waals surface area contributed by atoms with Crippen LogP contribution in [0, 0.1) is 20.8 Å². The topological polar surface area (TPSA) is 30.0 Å². The summed E-state index contributed by atoms with van der Waals surface area (Å²) < 4.78 is 0. The van der Waals surface area contributed by atoms with Gasteiger partial charge in [-0.15, -0.1) is 0 Å². The summed E-state index contributed by atoms with van der Waals surface area (Å²) in [6.45, 7) is 5.86. The number of carbonyl (C=O) groups excluding carboxylic acids is 1. The molecule has 0 bridgehead atoms. The molecule has 3 heteroatoms. The number of hydrogen-bond acceptors (Lipinski definition) is 2. The second-order valence-corrected chi connectivity index (χ2v) is 4.83. The van der Waals surface area contributed by atoms with Gasteiger partial charge in [0.25, 0.3) is 0 Å². The van der Waals surface area contributed by atoms with Crippen LogP contribution in [0.4, 0.5) is 0 Å². The van der Waals surface area contributed by atoms with Crippen LogP contribution in [0.3, 0.4) is 0 Å². The molecule has 0 fully saturated rings. The molecular formula is C15H14ClNO. The molecule has 0 radical (unpaired) electrons. The van der Waals surface area contributed by atoms with Crippen molar-refractivity contribution >= 4 is 17.9 Å². The molecule has 0 aliphatic rings. The van der Waals surface area contributed by atoms with Crippen LogP contribution in [0.2, 0.25) is 5.15 Å². The normalized spacial score (nSPS) is 10.4. The summed E-state index contributed by atoms with van der Waals surface area (Å²) in [4.78, 5) is 15.1. The molecule has 0 N–H and O–H groups in total. The zero-order valence-corrected chi connectivity index (χ0v) is 11.4. The number of benzene rings is 1. The van der Waals surface area contributed by atoms with E-state index in [0.29, 0.717) is 5.15 Å². The molecule has 1 aromatic heterocycles. The number of pyridine rings is 1. The Kier molecular flexibility index (Phi) is 3.48. The lowest BCUT2D eigenvalue weighted by Gasteiger charge is -2.10. The second kappa shape index (κ2) is 4.91. The molecule has 0 unspecified atom stereocenters. The quantitative estimate of drug-likeness (QED) is 0.599. The number of aromatic nitrogens is 1. The molecule has 0 saturated heterocycles. The number of aryl methyl sites for hydroxylation is 3. The van der Waals surface area contributed by atoms with Crippen LogP contribution in [0.25, 0.3) is 11.1 Å². The Bertz CT molecular complexity index is 620. The fraction of sp³-hybridized carbons (Fsp3) is 0.200. The Hall–Kier alpha value is -1.67. The first-order chi connectivity index (χ1) is 8.52. The van der Waals surface area contributed by atoms with E-state index >= 15 is 0 Å². The van der Waals surface area contributed by atoms with E-state index in [1.165, 1.54) is 0 Å². The SMILES string of the molecule is Cc1cc(-c2cnc(Cl)c(C)c2)c(C)cc1C=O. The largest absolute Gasteiger partial charge is 0.298 e. The standard InChI is InChI=1S/C15H14ClNO/c1-9-6-14(10(2)4-13(9)8-18)12-5-11(3)15(16)17-7-12/h4-8H,1-3H3. The first kappa shape index (κ1) is 12.8. The van der Waals surface area contributed by atoms with E-state index in [9.17, 15) is 4.79 Å². The third-order valence-electron chi connectivity index (χ3n) is 3.07. The van der Waals surface area contributed by atoms with E-state index in [2.05, 4.69) is 4.98 Å². The molecule has 0 spiro atoms. The summed E-state index contributed by atoms with van der Waals surface area (Å²) in [5, 5.41) is 0.526. The minimum atomic E-state index is 0.526. The average Bonchev–Trinajstić information content (AvgIpc) is 2.35. The van der Waals surface area contributed by atoms with Crippen molar-refractivity contribution in [3.8, 4) is 11.1 Å². The summed E-state index contributed by atoms with van der Waals surface area (Å²) in [6, 6.07) is 5.93. The number of carbonyl (C=O) groups is 1. The van der Waals surface area contributed by atoms with Crippen molar-refractivity contribution < 1.29 is 4.79 Å². The van der Waals surface area contributed by atoms with Crippen molar-refractivity contribution in [3.05, 3.63) is 51.8 Å². The average molecular weight is 260 g/mol. The van der Waals surface area contributed by atoms with Crippen molar-refractivity contribution in [2.75, 3.05) is 0 Å². The van der Waals surface area contributed by atoms with Gasteiger partial charge in [-0.2, -0.15) is 0 Å². The highest BCUT2D eigenvalue weighted by atomic mass is 35.5. The monoisotopic (exact) mass is 259 g/mol. The lowest BCUT2D eigenvalue weighted by Crippen LogP contribution is -1.93. The highest BCUT2D eigenvalue weighted by Gasteiger charge is 2.08. The van der Waals surface area contributed by atoms with Crippen molar-refractivity contribution in [1.29, 1.82) is 0 Å². The van der Waals surface area contributed by atoms with Crippen LogP contribution < -0.4 is 0 Å². The summed E-state index contributed by atoms with van der Waals surface area (Å²) in [5.74, 6) is 0. The molecule has 0 aliphatic carbocycles. The van der Waals surface area contributed by atoms with Crippen LogP contribution in [0.15, 0.2) is 24.4 Å². The molecule has 2 nitrogen and oxygen atoms in total. The Morgan fingerprint density at radius 1 is 1.06 bits per heavy atom. The predicted octanol–water partition coefficient (Wildman–Crippen LogP) is 4.14. The van der Waals surface area contributed by atoms with Gasteiger partial charge in [0, 0.05) is 17.3 Å². The lowest BCUT2D eigenvalue weighted by molar-refractivity contribution is 0.112.